The summed E-state index contributed by atoms with van der Waals surface area (Å²) < 4.78 is 5.88. The van der Waals surface area contributed by atoms with Gasteiger partial charge in [0.15, 0.2) is 0 Å². The van der Waals surface area contributed by atoms with E-state index in [-0.39, 0.29) is 6.10 Å². The van der Waals surface area contributed by atoms with E-state index in [1.54, 1.807) is 18.5 Å². The van der Waals surface area contributed by atoms with Crippen molar-refractivity contribution < 1.29 is 4.74 Å². The third kappa shape index (κ3) is 2.58. The van der Waals surface area contributed by atoms with Crippen LogP contribution in [-0.2, 0) is 5.54 Å². The molecule has 0 bridgehead atoms. The zero-order chi connectivity index (χ0) is 16.0. The van der Waals surface area contributed by atoms with Crippen LogP contribution in [0, 0.1) is 5.92 Å². The highest BCUT2D eigenvalue weighted by Crippen LogP contribution is 2.50. The zero-order valence-corrected chi connectivity index (χ0v) is 13.5. The largest absolute Gasteiger partial charge is 0.474 e. The van der Waals surface area contributed by atoms with E-state index in [0.29, 0.717) is 17.0 Å². The Labute approximate surface area is 138 Å². The lowest BCUT2D eigenvalue weighted by Crippen LogP contribution is -2.22. The number of ether oxygens (including phenoxy) is 1. The fourth-order valence-corrected chi connectivity index (χ4v) is 3.18. The van der Waals surface area contributed by atoms with Crippen LogP contribution in [0.15, 0.2) is 23.6 Å². The van der Waals surface area contributed by atoms with Crippen molar-refractivity contribution in [2.75, 3.05) is 0 Å². The Morgan fingerprint density at radius 1 is 1.26 bits per heavy atom. The molecule has 6 nitrogen and oxygen atoms in total. The number of aromatic nitrogens is 2. The fraction of sp³-hybridized carbons (Fsp3) is 0.500. The van der Waals surface area contributed by atoms with Crippen LogP contribution in [0.3, 0.4) is 0 Å². The lowest BCUT2D eigenvalue weighted by molar-refractivity contribution is 0.294. The van der Waals surface area contributed by atoms with Crippen LogP contribution in [0.1, 0.15) is 38.2 Å². The Kier molecular flexibility index (Phi) is 3.32. The third-order valence-electron chi connectivity index (χ3n) is 4.67. The monoisotopic (exact) mass is 329 g/mol. The molecule has 2 aromatic heterocycles. The lowest BCUT2D eigenvalue weighted by Gasteiger charge is -2.26. The highest BCUT2D eigenvalue weighted by molar-refractivity contribution is 6.30. The molecule has 2 fully saturated rings. The number of pyridine rings is 2. The number of hydrogen-bond acceptors (Lipinski definition) is 4. The van der Waals surface area contributed by atoms with Crippen molar-refractivity contribution in [2.24, 2.45) is 11.0 Å². The summed E-state index contributed by atoms with van der Waals surface area (Å²) >= 11 is 6.11. The highest BCUT2D eigenvalue weighted by Gasteiger charge is 2.43. The second-order valence-electron chi connectivity index (χ2n) is 6.46. The van der Waals surface area contributed by atoms with Gasteiger partial charge in [0.25, 0.3) is 0 Å². The first-order valence-electron chi connectivity index (χ1n) is 7.79. The second-order valence-corrected chi connectivity index (χ2v) is 6.85. The normalized spacial score (nSPS) is 19.9. The Hall–Kier alpha value is -2.04. The first-order chi connectivity index (χ1) is 11.1. The number of azide groups is 1. The van der Waals surface area contributed by atoms with E-state index in [4.69, 9.17) is 21.9 Å². The van der Waals surface area contributed by atoms with Crippen molar-refractivity contribution in [1.29, 1.82) is 0 Å². The number of fused-ring (bicyclic) bond motifs is 1. The molecular weight excluding hydrogens is 314 g/mol. The van der Waals surface area contributed by atoms with Gasteiger partial charge in [-0.3, -0.25) is 0 Å². The van der Waals surface area contributed by atoms with Gasteiger partial charge in [0.1, 0.15) is 11.3 Å². The summed E-state index contributed by atoms with van der Waals surface area (Å²) in [7, 11) is 0. The van der Waals surface area contributed by atoms with Gasteiger partial charge in [0, 0.05) is 17.3 Å². The predicted molar refractivity (Wildman–Crippen MR) is 87.4 cm³/mol. The number of rotatable bonds is 5. The molecule has 0 amide bonds. The minimum atomic E-state index is -0.622. The van der Waals surface area contributed by atoms with Gasteiger partial charge in [-0.1, -0.05) is 16.7 Å². The molecule has 0 spiro atoms. The molecule has 0 aliphatic heterocycles. The molecule has 118 valence electrons. The van der Waals surface area contributed by atoms with E-state index in [2.05, 4.69) is 20.0 Å². The van der Waals surface area contributed by atoms with E-state index < -0.39 is 5.54 Å². The zero-order valence-electron chi connectivity index (χ0n) is 12.7. The molecule has 0 aromatic carbocycles. The van der Waals surface area contributed by atoms with Crippen molar-refractivity contribution in [1.82, 2.24) is 9.97 Å². The van der Waals surface area contributed by atoms with Gasteiger partial charge < -0.3 is 4.74 Å². The minimum absolute atomic E-state index is 0.249. The molecular formula is C16H16ClN5O. The SMILES string of the molecule is CC(N=[N+]=[N-])(c1cnc(OC2CC2)c2cnc(Cl)cc12)C1CC1. The Morgan fingerprint density at radius 3 is 2.70 bits per heavy atom. The predicted octanol–water partition coefficient (Wildman–Crippen LogP) is 4.76. The summed E-state index contributed by atoms with van der Waals surface area (Å²) in [6.07, 6.45) is 7.93. The number of hydrogen-bond donors (Lipinski definition) is 0. The van der Waals surface area contributed by atoms with E-state index in [0.717, 1.165) is 42.0 Å². The number of halogens is 1. The van der Waals surface area contributed by atoms with Gasteiger partial charge in [-0.25, -0.2) is 9.97 Å². The average Bonchev–Trinajstić information content (AvgIpc) is 3.40. The lowest BCUT2D eigenvalue weighted by atomic mass is 9.86. The summed E-state index contributed by atoms with van der Waals surface area (Å²) in [5.41, 5.74) is 9.29. The average molecular weight is 330 g/mol. The van der Waals surface area contributed by atoms with Crippen molar-refractivity contribution in [2.45, 2.75) is 44.2 Å². The van der Waals surface area contributed by atoms with Crippen molar-refractivity contribution >= 4 is 22.4 Å². The maximum Gasteiger partial charge on any atom is 0.223 e. The summed E-state index contributed by atoms with van der Waals surface area (Å²) in [5.74, 6) is 0.917. The molecule has 1 atom stereocenters. The molecule has 2 aromatic rings. The Morgan fingerprint density at radius 2 is 2.04 bits per heavy atom. The quantitative estimate of drug-likeness (QED) is 0.343. The van der Waals surface area contributed by atoms with Crippen LogP contribution in [-0.4, -0.2) is 16.1 Å². The maximum atomic E-state index is 9.02. The van der Waals surface area contributed by atoms with Crippen molar-refractivity contribution in [3.63, 3.8) is 0 Å². The molecule has 7 heteroatoms. The summed E-state index contributed by atoms with van der Waals surface area (Å²) in [6.45, 7) is 1.97. The van der Waals surface area contributed by atoms with Crippen LogP contribution in [0.5, 0.6) is 5.88 Å². The Bertz CT molecular complexity index is 827. The standard InChI is InChI=1S/C16H16ClN5O/c1-16(21-22-18,9-2-3-9)13-8-20-15(23-10-4-5-10)12-7-19-14(17)6-11(12)13/h6-10H,2-5H2,1H3. The van der Waals surface area contributed by atoms with E-state index >= 15 is 0 Å². The van der Waals surface area contributed by atoms with E-state index in [1.807, 2.05) is 6.92 Å². The van der Waals surface area contributed by atoms with Gasteiger partial charge in [-0.05, 0) is 61.1 Å². The molecule has 23 heavy (non-hydrogen) atoms. The molecule has 2 aliphatic rings. The first kappa shape index (κ1) is 14.5. The van der Waals surface area contributed by atoms with Crippen LogP contribution in [0.25, 0.3) is 21.2 Å². The second kappa shape index (κ2) is 5.25. The molecule has 2 heterocycles. The third-order valence-corrected chi connectivity index (χ3v) is 4.88. The summed E-state index contributed by atoms with van der Waals surface area (Å²) in [4.78, 5) is 11.7. The molecule has 1 unspecified atom stereocenters. The topological polar surface area (TPSA) is 83.8 Å². The van der Waals surface area contributed by atoms with Gasteiger partial charge >= 0.3 is 0 Å². The van der Waals surface area contributed by atoms with Crippen LogP contribution >= 0.6 is 11.6 Å². The Balaban J connectivity index is 1.92. The summed E-state index contributed by atoms with van der Waals surface area (Å²) in [6, 6.07) is 1.81. The van der Waals surface area contributed by atoms with Gasteiger partial charge in [-0.2, -0.15) is 0 Å². The maximum absolute atomic E-state index is 9.02. The smallest absolute Gasteiger partial charge is 0.223 e. The van der Waals surface area contributed by atoms with Crippen molar-refractivity contribution in [3.05, 3.63) is 39.6 Å². The van der Waals surface area contributed by atoms with E-state index in [1.165, 1.54) is 0 Å². The molecule has 2 saturated carbocycles. The fourth-order valence-electron chi connectivity index (χ4n) is 3.02. The molecule has 0 saturated heterocycles. The van der Waals surface area contributed by atoms with Gasteiger partial charge in [0.05, 0.1) is 10.9 Å². The van der Waals surface area contributed by atoms with Crippen LogP contribution in [0.4, 0.5) is 0 Å². The van der Waals surface area contributed by atoms with Crippen LogP contribution in [0.2, 0.25) is 5.15 Å². The number of nitrogens with zero attached hydrogens (tertiary/aromatic N) is 5. The summed E-state index contributed by atoms with van der Waals surface area (Å²) in [5, 5.41) is 6.23. The van der Waals surface area contributed by atoms with Gasteiger partial charge in [-0.15, -0.1) is 0 Å². The molecule has 0 N–H and O–H groups in total. The molecule has 2 aliphatic carbocycles. The van der Waals surface area contributed by atoms with E-state index in [9.17, 15) is 0 Å². The minimum Gasteiger partial charge on any atom is -0.474 e. The molecule has 4 rings (SSSR count). The van der Waals surface area contributed by atoms with Crippen molar-refractivity contribution in [3.8, 4) is 5.88 Å². The van der Waals surface area contributed by atoms with Crippen LogP contribution < -0.4 is 4.74 Å². The first-order valence-corrected chi connectivity index (χ1v) is 8.17. The molecule has 0 radical (unpaired) electrons. The highest BCUT2D eigenvalue weighted by atomic mass is 35.5. The van der Waals surface area contributed by atoms with Gasteiger partial charge in [0.2, 0.25) is 5.88 Å².